The van der Waals surface area contributed by atoms with E-state index >= 15 is 0 Å². The van der Waals surface area contributed by atoms with Gasteiger partial charge in [-0.1, -0.05) is 169 Å². The Bertz CT molecular complexity index is 2840. The van der Waals surface area contributed by atoms with Crippen LogP contribution in [0.4, 0.5) is 51.2 Å². The van der Waals surface area contributed by atoms with Crippen LogP contribution in [-0.4, -0.2) is 0 Å². The van der Waals surface area contributed by atoms with Crippen LogP contribution in [0.2, 0.25) is 0 Å². The molecule has 0 saturated carbocycles. The standard InChI is InChI=1S/C65H59N3/c1-7-56-10-8-9-51(6)65(56)68(63-43-27-54(28-44-63)21-19-52-23-39-61(40-24-52)66(57-31-11-47(2)12-32-57)58-33-13-48(3)14-34-58)64-45-29-55(30-46-64)22-20-53-25-41-62(42-26-53)67(59-35-15-49(4)16-36-59)60-37-17-50(5)18-38-60/h8-46H,7H2,1-6H3. The number of hydrogen-bond acceptors (Lipinski definition) is 3. The molecule has 0 aromatic heterocycles. The molecule has 9 rings (SSSR count). The van der Waals surface area contributed by atoms with Crippen LogP contribution in [0.25, 0.3) is 24.3 Å². The van der Waals surface area contributed by atoms with E-state index < -0.39 is 0 Å². The molecule has 0 heterocycles. The highest BCUT2D eigenvalue weighted by atomic mass is 15.2. The van der Waals surface area contributed by atoms with E-state index in [9.17, 15) is 0 Å². The normalized spacial score (nSPS) is 11.3. The molecular weight excluding hydrogens is 823 g/mol. The van der Waals surface area contributed by atoms with E-state index in [0.717, 1.165) is 74.2 Å². The summed E-state index contributed by atoms with van der Waals surface area (Å²) in [5.41, 5.74) is 22.4. The van der Waals surface area contributed by atoms with Crippen LogP contribution in [0.3, 0.4) is 0 Å². The second-order valence-electron chi connectivity index (χ2n) is 17.8. The fraction of sp³-hybridized carbons (Fsp3) is 0.108. The summed E-state index contributed by atoms with van der Waals surface area (Å²) in [5.74, 6) is 0. The van der Waals surface area contributed by atoms with E-state index in [4.69, 9.17) is 0 Å². The molecule has 9 aromatic carbocycles. The van der Waals surface area contributed by atoms with Gasteiger partial charge in [0.15, 0.2) is 0 Å². The predicted octanol–water partition coefficient (Wildman–Crippen LogP) is 18.5. The third-order valence-corrected chi connectivity index (χ3v) is 12.6. The number of nitrogens with zero attached hydrogens (tertiary/aromatic N) is 3. The van der Waals surface area contributed by atoms with Gasteiger partial charge in [0, 0.05) is 45.5 Å². The lowest BCUT2D eigenvalue weighted by molar-refractivity contribution is 1.10. The largest absolute Gasteiger partial charge is 0.311 e. The maximum absolute atomic E-state index is 2.41. The summed E-state index contributed by atoms with van der Waals surface area (Å²) >= 11 is 0. The van der Waals surface area contributed by atoms with E-state index in [-0.39, 0.29) is 0 Å². The first kappa shape index (κ1) is 45.0. The lowest BCUT2D eigenvalue weighted by atomic mass is 10.0. The van der Waals surface area contributed by atoms with Crippen LogP contribution in [0.1, 0.15) is 62.6 Å². The molecular formula is C65H59N3. The van der Waals surface area contributed by atoms with Gasteiger partial charge in [-0.3, -0.25) is 0 Å². The zero-order chi connectivity index (χ0) is 47.0. The Kier molecular flexibility index (Phi) is 13.6. The third-order valence-electron chi connectivity index (χ3n) is 12.6. The van der Waals surface area contributed by atoms with Gasteiger partial charge in [0.25, 0.3) is 0 Å². The van der Waals surface area contributed by atoms with Crippen LogP contribution in [0, 0.1) is 34.6 Å². The van der Waals surface area contributed by atoms with Gasteiger partial charge in [-0.05, 0) is 171 Å². The molecule has 0 aliphatic rings. The Balaban J connectivity index is 0.933. The number of anilines is 9. The fourth-order valence-corrected chi connectivity index (χ4v) is 8.72. The maximum Gasteiger partial charge on any atom is 0.0522 e. The number of rotatable bonds is 14. The molecule has 3 heteroatoms. The van der Waals surface area contributed by atoms with Gasteiger partial charge < -0.3 is 14.7 Å². The Morgan fingerprint density at radius 2 is 0.515 bits per heavy atom. The lowest BCUT2D eigenvalue weighted by Crippen LogP contribution is -2.13. The van der Waals surface area contributed by atoms with E-state index in [1.807, 2.05) is 0 Å². The first-order valence-electron chi connectivity index (χ1n) is 23.7. The molecule has 0 radical (unpaired) electrons. The van der Waals surface area contributed by atoms with Crippen molar-refractivity contribution in [3.8, 4) is 0 Å². The van der Waals surface area contributed by atoms with E-state index in [2.05, 4.69) is 293 Å². The Labute approximate surface area is 404 Å². The van der Waals surface area contributed by atoms with Crippen molar-refractivity contribution in [3.05, 3.63) is 268 Å². The zero-order valence-corrected chi connectivity index (χ0v) is 40.1. The minimum atomic E-state index is 0.939. The second-order valence-corrected chi connectivity index (χ2v) is 17.8. The maximum atomic E-state index is 2.41. The molecule has 0 unspecified atom stereocenters. The summed E-state index contributed by atoms with van der Waals surface area (Å²) in [6.45, 7) is 13.0. The summed E-state index contributed by atoms with van der Waals surface area (Å²) in [6.07, 6.45) is 9.73. The molecule has 3 nitrogen and oxygen atoms in total. The number of para-hydroxylation sites is 1. The molecule has 0 N–H and O–H groups in total. The van der Waals surface area contributed by atoms with Crippen LogP contribution in [0.15, 0.2) is 212 Å². The monoisotopic (exact) mass is 881 g/mol. The summed E-state index contributed by atoms with van der Waals surface area (Å²) in [5, 5.41) is 0. The van der Waals surface area contributed by atoms with Crippen molar-refractivity contribution < 1.29 is 0 Å². The summed E-state index contributed by atoms with van der Waals surface area (Å²) in [4.78, 5) is 7.04. The van der Waals surface area contributed by atoms with Crippen molar-refractivity contribution in [2.75, 3.05) is 14.7 Å². The van der Waals surface area contributed by atoms with E-state index in [1.54, 1.807) is 0 Å². The molecule has 68 heavy (non-hydrogen) atoms. The number of aryl methyl sites for hydroxylation is 6. The molecule has 0 fully saturated rings. The predicted molar refractivity (Wildman–Crippen MR) is 294 cm³/mol. The SMILES string of the molecule is CCc1cccc(C)c1N(c1ccc(C=Cc2ccc(N(c3ccc(C)cc3)c3ccc(C)cc3)cc2)cc1)c1ccc(C=Cc2ccc(N(c3ccc(C)cc3)c3ccc(C)cc3)cc2)cc1. The topological polar surface area (TPSA) is 9.72 Å². The second kappa shape index (κ2) is 20.6. The third kappa shape index (κ3) is 10.4. The van der Waals surface area contributed by atoms with Crippen molar-refractivity contribution in [1.29, 1.82) is 0 Å². The van der Waals surface area contributed by atoms with E-state index in [1.165, 1.54) is 39.1 Å². The smallest absolute Gasteiger partial charge is 0.0522 e. The molecule has 0 spiro atoms. The molecule has 0 aliphatic heterocycles. The average molecular weight is 882 g/mol. The fourth-order valence-electron chi connectivity index (χ4n) is 8.72. The first-order chi connectivity index (χ1) is 33.2. The van der Waals surface area contributed by atoms with Gasteiger partial charge in [-0.2, -0.15) is 0 Å². The van der Waals surface area contributed by atoms with Gasteiger partial charge in [0.1, 0.15) is 0 Å². The van der Waals surface area contributed by atoms with Crippen LogP contribution >= 0.6 is 0 Å². The molecule has 0 aliphatic carbocycles. The van der Waals surface area contributed by atoms with Gasteiger partial charge in [-0.15, -0.1) is 0 Å². The van der Waals surface area contributed by atoms with Gasteiger partial charge in [0.2, 0.25) is 0 Å². The Morgan fingerprint density at radius 3 is 0.765 bits per heavy atom. The highest BCUT2D eigenvalue weighted by Gasteiger charge is 2.18. The molecule has 0 atom stereocenters. The van der Waals surface area contributed by atoms with Gasteiger partial charge in [0.05, 0.1) is 5.69 Å². The van der Waals surface area contributed by atoms with Crippen molar-refractivity contribution >= 4 is 75.5 Å². The number of benzene rings is 9. The summed E-state index contributed by atoms with van der Waals surface area (Å²) in [7, 11) is 0. The van der Waals surface area contributed by atoms with Gasteiger partial charge >= 0.3 is 0 Å². The molecule has 334 valence electrons. The Hall–Kier alpha value is -8.14. The minimum absolute atomic E-state index is 0.939. The summed E-state index contributed by atoms with van der Waals surface area (Å²) in [6, 6.07) is 77.0. The van der Waals surface area contributed by atoms with Crippen molar-refractivity contribution in [3.63, 3.8) is 0 Å². The lowest BCUT2D eigenvalue weighted by Gasteiger charge is -2.29. The molecule has 0 bridgehead atoms. The van der Waals surface area contributed by atoms with Crippen molar-refractivity contribution in [2.45, 2.75) is 48.0 Å². The van der Waals surface area contributed by atoms with Crippen molar-refractivity contribution in [1.82, 2.24) is 0 Å². The number of hydrogen-bond donors (Lipinski definition) is 0. The Morgan fingerprint density at radius 1 is 0.279 bits per heavy atom. The summed E-state index contributed by atoms with van der Waals surface area (Å²) < 4.78 is 0. The highest BCUT2D eigenvalue weighted by Crippen LogP contribution is 2.40. The molecule has 9 aromatic rings. The van der Waals surface area contributed by atoms with Crippen LogP contribution in [0.5, 0.6) is 0 Å². The quantitative estimate of drug-likeness (QED) is 0.101. The highest BCUT2D eigenvalue weighted by molar-refractivity contribution is 5.84. The minimum Gasteiger partial charge on any atom is -0.311 e. The van der Waals surface area contributed by atoms with Gasteiger partial charge in [-0.25, -0.2) is 0 Å². The average Bonchev–Trinajstić information content (AvgIpc) is 3.37. The molecule has 0 amide bonds. The van der Waals surface area contributed by atoms with Crippen LogP contribution in [-0.2, 0) is 6.42 Å². The van der Waals surface area contributed by atoms with E-state index in [0.29, 0.717) is 0 Å². The zero-order valence-electron chi connectivity index (χ0n) is 40.1. The van der Waals surface area contributed by atoms with Crippen molar-refractivity contribution in [2.24, 2.45) is 0 Å². The van der Waals surface area contributed by atoms with Crippen LogP contribution < -0.4 is 14.7 Å². The first-order valence-corrected chi connectivity index (χ1v) is 23.7. The molecule has 0 saturated heterocycles.